The summed E-state index contributed by atoms with van der Waals surface area (Å²) in [5.41, 5.74) is 4.37. The lowest BCUT2D eigenvalue weighted by Gasteiger charge is -2.34. The van der Waals surface area contributed by atoms with Crippen LogP contribution in [0.1, 0.15) is 35.7 Å². The van der Waals surface area contributed by atoms with Crippen LogP contribution < -0.4 is 14.2 Å². The van der Waals surface area contributed by atoms with Gasteiger partial charge in [0.2, 0.25) is 17.7 Å². The number of methoxy groups -OCH3 is 2. The van der Waals surface area contributed by atoms with Gasteiger partial charge in [0.05, 0.1) is 25.6 Å². The van der Waals surface area contributed by atoms with Crippen LogP contribution in [0.4, 0.5) is 0 Å². The minimum Gasteiger partial charge on any atom is -0.497 e. The van der Waals surface area contributed by atoms with Crippen LogP contribution in [0.3, 0.4) is 0 Å². The summed E-state index contributed by atoms with van der Waals surface area (Å²) < 4.78 is 19.2. The fourth-order valence-corrected chi connectivity index (χ4v) is 5.74. The van der Waals surface area contributed by atoms with Gasteiger partial charge >= 0.3 is 0 Å². The molecular formula is C38H43N5O6. The monoisotopic (exact) mass is 665 g/mol. The molecular weight excluding hydrogens is 622 g/mol. The quantitative estimate of drug-likeness (QED) is 0.159. The summed E-state index contributed by atoms with van der Waals surface area (Å²) in [6.45, 7) is 5.60. The van der Waals surface area contributed by atoms with Crippen LogP contribution in [0.25, 0.3) is 17.3 Å². The Morgan fingerprint density at radius 3 is 2.02 bits per heavy atom. The number of amides is 3. The molecule has 5 rings (SSSR count). The van der Waals surface area contributed by atoms with Gasteiger partial charge in [-0.05, 0) is 66.9 Å². The molecule has 0 aliphatic carbocycles. The minimum atomic E-state index is -0.164. The molecule has 3 amide bonds. The van der Waals surface area contributed by atoms with Crippen molar-refractivity contribution in [2.24, 2.45) is 0 Å². The van der Waals surface area contributed by atoms with Crippen molar-refractivity contribution in [2.45, 2.75) is 26.7 Å². The number of nitrogens with zero attached hydrogens (tertiary/aromatic N) is 5. The first-order valence-electron chi connectivity index (χ1n) is 16.2. The largest absolute Gasteiger partial charge is 0.497 e. The third-order valence-electron chi connectivity index (χ3n) is 8.51. The number of rotatable bonds is 11. The molecule has 1 aliphatic heterocycles. The van der Waals surface area contributed by atoms with E-state index >= 15 is 0 Å². The first-order chi connectivity index (χ1) is 23.6. The van der Waals surface area contributed by atoms with Crippen molar-refractivity contribution in [3.8, 4) is 28.8 Å². The van der Waals surface area contributed by atoms with Crippen molar-refractivity contribution in [2.75, 3.05) is 54.5 Å². The standard InChI is InChI=1S/C38H43N5O6/c1-26-34(16-17-36(45)42-20-18-41(19-21-42)27(2)44)38(43(39-26)30-10-8-7-9-11-30)49-31-14-12-29(13-15-31)35(37(46)40(3)4)24-28-22-32(47-5)25-33(23-28)48-6/h7-15,22-25H,16-21H2,1-6H3. The van der Waals surface area contributed by atoms with Crippen molar-refractivity contribution in [1.82, 2.24) is 24.5 Å². The maximum absolute atomic E-state index is 13.4. The van der Waals surface area contributed by atoms with Crippen molar-refractivity contribution in [3.63, 3.8) is 0 Å². The predicted molar refractivity (Wildman–Crippen MR) is 188 cm³/mol. The molecule has 0 spiro atoms. The SMILES string of the molecule is COc1cc(C=C(C(=O)N(C)C)c2ccc(Oc3c(CCC(=O)N4CCN(C(C)=O)CC4)c(C)nn3-c3ccccc3)cc2)cc(OC)c1. The first-order valence-corrected chi connectivity index (χ1v) is 16.2. The van der Waals surface area contributed by atoms with Crippen molar-refractivity contribution < 1.29 is 28.6 Å². The number of para-hydroxylation sites is 1. The second-order valence-corrected chi connectivity index (χ2v) is 12.0. The zero-order valence-corrected chi connectivity index (χ0v) is 28.9. The van der Waals surface area contributed by atoms with Crippen molar-refractivity contribution in [1.29, 1.82) is 0 Å². The number of piperazine rings is 1. The highest BCUT2D eigenvalue weighted by Crippen LogP contribution is 2.33. The molecule has 11 heteroatoms. The molecule has 0 atom stereocenters. The Bertz CT molecular complexity index is 1800. The number of ether oxygens (including phenoxy) is 3. The van der Waals surface area contributed by atoms with Crippen LogP contribution in [-0.4, -0.2) is 96.7 Å². The third-order valence-corrected chi connectivity index (χ3v) is 8.51. The van der Waals surface area contributed by atoms with Gasteiger partial charge in [-0.1, -0.05) is 30.3 Å². The van der Waals surface area contributed by atoms with Crippen molar-refractivity contribution >= 4 is 29.4 Å². The highest BCUT2D eigenvalue weighted by atomic mass is 16.5. The van der Waals surface area contributed by atoms with Gasteiger partial charge in [-0.25, -0.2) is 4.68 Å². The van der Waals surface area contributed by atoms with E-state index in [0.29, 0.717) is 66.9 Å². The molecule has 0 bridgehead atoms. The predicted octanol–water partition coefficient (Wildman–Crippen LogP) is 5.24. The van der Waals surface area contributed by atoms with Crippen LogP contribution in [0.15, 0.2) is 72.8 Å². The average Bonchev–Trinajstić information content (AvgIpc) is 3.43. The van der Waals surface area contributed by atoms with Crippen LogP contribution in [0, 0.1) is 6.92 Å². The van der Waals surface area contributed by atoms with E-state index in [1.165, 1.54) is 4.90 Å². The summed E-state index contributed by atoms with van der Waals surface area (Å²) in [4.78, 5) is 43.4. The zero-order chi connectivity index (χ0) is 35.1. The van der Waals surface area contributed by atoms with Gasteiger partial charge < -0.3 is 28.9 Å². The number of aryl methyl sites for hydroxylation is 1. The van der Waals surface area contributed by atoms with Gasteiger partial charge in [-0.15, -0.1) is 0 Å². The summed E-state index contributed by atoms with van der Waals surface area (Å²) >= 11 is 0. The Morgan fingerprint density at radius 1 is 0.837 bits per heavy atom. The maximum Gasteiger partial charge on any atom is 0.253 e. The Hall–Kier alpha value is -5.58. The molecule has 0 radical (unpaired) electrons. The number of carbonyl (C=O) groups is 3. The van der Waals surface area contributed by atoms with E-state index in [9.17, 15) is 14.4 Å². The second-order valence-electron chi connectivity index (χ2n) is 12.0. The van der Waals surface area contributed by atoms with E-state index in [-0.39, 0.29) is 24.1 Å². The van der Waals surface area contributed by atoms with E-state index in [0.717, 1.165) is 22.5 Å². The molecule has 0 saturated carbocycles. The Balaban J connectivity index is 1.42. The van der Waals surface area contributed by atoms with E-state index in [1.54, 1.807) is 50.9 Å². The molecule has 11 nitrogen and oxygen atoms in total. The third kappa shape index (κ3) is 8.29. The molecule has 3 aromatic carbocycles. The maximum atomic E-state index is 13.4. The molecule has 0 N–H and O–H groups in total. The Labute approximate surface area is 287 Å². The lowest BCUT2D eigenvalue weighted by Crippen LogP contribution is -2.50. The molecule has 1 saturated heterocycles. The van der Waals surface area contributed by atoms with Crippen LogP contribution in [-0.2, 0) is 20.8 Å². The minimum absolute atomic E-state index is 0.0277. The van der Waals surface area contributed by atoms with E-state index in [2.05, 4.69) is 0 Å². The molecule has 1 fully saturated rings. The summed E-state index contributed by atoms with van der Waals surface area (Å²) in [6, 6.07) is 22.5. The normalized spacial score (nSPS) is 13.2. The first kappa shape index (κ1) is 34.7. The fourth-order valence-electron chi connectivity index (χ4n) is 5.74. The van der Waals surface area contributed by atoms with Gasteiger partial charge in [0.25, 0.3) is 5.91 Å². The highest BCUT2D eigenvalue weighted by molar-refractivity contribution is 6.24. The van der Waals surface area contributed by atoms with E-state index in [4.69, 9.17) is 19.3 Å². The fraction of sp³-hybridized carbons (Fsp3) is 0.316. The van der Waals surface area contributed by atoms with Gasteiger partial charge in [-0.2, -0.15) is 5.10 Å². The molecule has 4 aromatic rings. The highest BCUT2D eigenvalue weighted by Gasteiger charge is 2.25. The van der Waals surface area contributed by atoms with Gasteiger partial charge in [0.1, 0.15) is 17.2 Å². The number of benzene rings is 3. The number of hydrogen-bond donors (Lipinski definition) is 0. The second kappa shape index (κ2) is 15.5. The summed E-state index contributed by atoms with van der Waals surface area (Å²) in [5.74, 6) is 2.20. The van der Waals surface area contributed by atoms with E-state index < -0.39 is 0 Å². The molecule has 49 heavy (non-hydrogen) atoms. The van der Waals surface area contributed by atoms with Gasteiger partial charge in [0, 0.05) is 70.8 Å². The number of carbonyl (C=O) groups excluding carboxylic acids is 3. The van der Waals surface area contributed by atoms with Crippen molar-refractivity contribution in [3.05, 3.63) is 95.2 Å². The van der Waals surface area contributed by atoms with Crippen LogP contribution in [0.5, 0.6) is 23.1 Å². The molecule has 2 heterocycles. The molecule has 1 aliphatic rings. The van der Waals surface area contributed by atoms with E-state index in [1.807, 2.05) is 84.6 Å². The molecule has 256 valence electrons. The summed E-state index contributed by atoms with van der Waals surface area (Å²) in [6.07, 6.45) is 2.53. The molecule has 1 aromatic heterocycles. The summed E-state index contributed by atoms with van der Waals surface area (Å²) in [7, 11) is 6.59. The lowest BCUT2D eigenvalue weighted by molar-refractivity contribution is -0.138. The number of hydrogen-bond acceptors (Lipinski definition) is 7. The smallest absolute Gasteiger partial charge is 0.253 e. The number of likely N-dealkylation sites (N-methyl/N-ethyl adjacent to an activating group) is 1. The topological polar surface area (TPSA) is 106 Å². The Morgan fingerprint density at radius 2 is 1.45 bits per heavy atom. The summed E-state index contributed by atoms with van der Waals surface area (Å²) in [5, 5.41) is 4.80. The molecule has 0 unspecified atom stereocenters. The number of aromatic nitrogens is 2. The van der Waals surface area contributed by atoms with Crippen LogP contribution >= 0.6 is 0 Å². The van der Waals surface area contributed by atoms with Gasteiger partial charge in [0.15, 0.2) is 0 Å². The van der Waals surface area contributed by atoms with Crippen LogP contribution in [0.2, 0.25) is 0 Å². The average molecular weight is 666 g/mol. The van der Waals surface area contributed by atoms with Gasteiger partial charge in [-0.3, -0.25) is 14.4 Å². The Kier molecular flexibility index (Phi) is 11.0. The lowest BCUT2D eigenvalue weighted by atomic mass is 10.0. The zero-order valence-electron chi connectivity index (χ0n) is 28.9.